The summed E-state index contributed by atoms with van der Waals surface area (Å²) in [5, 5.41) is 0. The van der Waals surface area contributed by atoms with Gasteiger partial charge < -0.3 is 4.74 Å². The Morgan fingerprint density at radius 2 is 2.00 bits per heavy atom. The van der Waals surface area contributed by atoms with E-state index in [1.54, 1.807) is 0 Å². The van der Waals surface area contributed by atoms with Crippen LogP contribution in [-0.2, 0) is 4.74 Å². The highest BCUT2D eigenvalue weighted by atomic mass is 16.5. The van der Waals surface area contributed by atoms with Crippen molar-refractivity contribution >= 4 is 0 Å². The van der Waals surface area contributed by atoms with Gasteiger partial charge >= 0.3 is 0 Å². The molecule has 14 heavy (non-hydrogen) atoms. The summed E-state index contributed by atoms with van der Waals surface area (Å²) in [4.78, 5) is 0. The van der Waals surface area contributed by atoms with Crippen LogP contribution in [0.15, 0.2) is 30.3 Å². The van der Waals surface area contributed by atoms with Crippen molar-refractivity contribution in [3.05, 3.63) is 35.9 Å². The van der Waals surface area contributed by atoms with Crippen molar-refractivity contribution in [3.63, 3.8) is 0 Å². The van der Waals surface area contributed by atoms with Gasteiger partial charge in [-0.2, -0.15) is 0 Å². The van der Waals surface area contributed by atoms with E-state index in [9.17, 15) is 0 Å². The van der Waals surface area contributed by atoms with Crippen LogP contribution in [0.1, 0.15) is 31.2 Å². The Labute approximate surface area is 86.1 Å². The second-order valence-corrected chi connectivity index (χ2v) is 4.29. The SMILES string of the molecule is CC(COCC1CC1)c1ccccc1. The topological polar surface area (TPSA) is 9.23 Å². The molecule has 2 rings (SSSR count). The van der Waals surface area contributed by atoms with Crippen LogP contribution in [0.3, 0.4) is 0 Å². The summed E-state index contributed by atoms with van der Waals surface area (Å²) >= 11 is 0. The van der Waals surface area contributed by atoms with Crippen molar-refractivity contribution < 1.29 is 4.74 Å². The maximum absolute atomic E-state index is 5.67. The molecule has 0 aliphatic heterocycles. The number of hydrogen-bond donors (Lipinski definition) is 0. The van der Waals surface area contributed by atoms with E-state index in [4.69, 9.17) is 4.74 Å². The van der Waals surface area contributed by atoms with E-state index < -0.39 is 0 Å². The summed E-state index contributed by atoms with van der Waals surface area (Å²) in [6.45, 7) is 4.06. The first-order chi connectivity index (χ1) is 6.86. The monoisotopic (exact) mass is 190 g/mol. The Balaban J connectivity index is 1.74. The second-order valence-electron chi connectivity index (χ2n) is 4.29. The molecule has 0 saturated heterocycles. The Hall–Kier alpha value is -0.820. The zero-order valence-electron chi connectivity index (χ0n) is 8.78. The number of ether oxygens (including phenoxy) is 1. The fourth-order valence-electron chi connectivity index (χ4n) is 1.57. The molecule has 1 aliphatic carbocycles. The van der Waals surface area contributed by atoms with Gasteiger partial charge in [0.2, 0.25) is 0 Å². The lowest BCUT2D eigenvalue weighted by molar-refractivity contribution is 0.114. The average molecular weight is 190 g/mol. The van der Waals surface area contributed by atoms with Crippen LogP contribution in [0.2, 0.25) is 0 Å². The van der Waals surface area contributed by atoms with Gasteiger partial charge in [0.15, 0.2) is 0 Å². The summed E-state index contributed by atoms with van der Waals surface area (Å²) in [5.74, 6) is 1.40. The summed E-state index contributed by atoms with van der Waals surface area (Å²) in [7, 11) is 0. The van der Waals surface area contributed by atoms with Gasteiger partial charge in [-0.1, -0.05) is 37.3 Å². The first-order valence-electron chi connectivity index (χ1n) is 5.49. The molecule has 76 valence electrons. The largest absolute Gasteiger partial charge is 0.381 e. The normalized spacial score (nSPS) is 18.1. The predicted molar refractivity (Wildman–Crippen MR) is 58.4 cm³/mol. The van der Waals surface area contributed by atoms with Crippen LogP contribution >= 0.6 is 0 Å². The van der Waals surface area contributed by atoms with Crippen molar-refractivity contribution in [3.8, 4) is 0 Å². The first kappa shape index (κ1) is 9.72. The molecule has 0 amide bonds. The van der Waals surface area contributed by atoms with E-state index >= 15 is 0 Å². The predicted octanol–water partition coefficient (Wildman–Crippen LogP) is 3.22. The van der Waals surface area contributed by atoms with Gasteiger partial charge in [-0.05, 0) is 24.3 Å². The van der Waals surface area contributed by atoms with Crippen molar-refractivity contribution in [1.29, 1.82) is 0 Å². The molecule has 1 atom stereocenters. The Bertz CT molecular complexity index is 264. The molecular weight excluding hydrogens is 172 g/mol. The number of rotatable bonds is 5. The van der Waals surface area contributed by atoms with E-state index in [0.29, 0.717) is 5.92 Å². The average Bonchev–Trinajstić information content (AvgIpc) is 3.03. The summed E-state index contributed by atoms with van der Waals surface area (Å²) in [6, 6.07) is 10.6. The van der Waals surface area contributed by atoms with Gasteiger partial charge in [-0.15, -0.1) is 0 Å². The minimum Gasteiger partial charge on any atom is -0.381 e. The third-order valence-electron chi connectivity index (χ3n) is 2.79. The van der Waals surface area contributed by atoms with Crippen LogP contribution in [0, 0.1) is 5.92 Å². The molecule has 1 heteroatoms. The minimum atomic E-state index is 0.523. The van der Waals surface area contributed by atoms with Gasteiger partial charge in [0.05, 0.1) is 6.61 Å². The van der Waals surface area contributed by atoms with Gasteiger partial charge in [0, 0.05) is 12.5 Å². The highest BCUT2D eigenvalue weighted by molar-refractivity contribution is 5.18. The Morgan fingerprint density at radius 1 is 1.29 bits per heavy atom. The molecule has 1 fully saturated rings. The lowest BCUT2D eigenvalue weighted by Crippen LogP contribution is -2.06. The van der Waals surface area contributed by atoms with E-state index in [2.05, 4.69) is 37.3 Å². The summed E-state index contributed by atoms with van der Waals surface area (Å²) < 4.78 is 5.67. The van der Waals surface area contributed by atoms with E-state index in [1.165, 1.54) is 18.4 Å². The highest BCUT2D eigenvalue weighted by Gasteiger charge is 2.21. The lowest BCUT2D eigenvalue weighted by atomic mass is 10.0. The van der Waals surface area contributed by atoms with E-state index in [-0.39, 0.29) is 0 Å². The molecule has 1 saturated carbocycles. The molecule has 1 aromatic rings. The minimum absolute atomic E-state index is 0.523. The maximum atomic E-state index is 5.67. The van der Waals surface area contributed by atoms with Crippen LogP contribution in [0.4, 0.5) is 0 Å². The van der Waals surface area contributed by atoms with Crippen molar-refractivity contribution in [2.75, 3.05) is 13.2 Å². The summed E-state index contributed by atoms with van der Waals surface area (Å²) in [5.41, 5.74) is 1.38. The highest BCUT2D eigenvalue weighted by Crippen LogP contribution is 2.29. The zero-order chi connectivity index (χ0) is 9.80. The van der Waals surface area contributed by atoms with Crippen molar-refractivity contribution in [1.82, 2.24) is 0 Å². The number of hydrogen-bond acceptors (Lipinski definition) is 1. The molecule has 0 aromatic heterocycles. The van der Waals surface area contributed by atoms with Crippen LogP contribution in [-0.4, -0.2) is 13.2 Å². The van der Waals surface area contributed by atoms with E-state index in [0.717, 1.165) is 19.1 Å². The van der Waals surface area contributed by atoms with Crippen LogP contribution < -0.4 is 0 Å². The molecule has 0 bridgehead atoms. The summed E-state index contributed by atoms with van der Waals surface area (Å²) in [6.07, 6.45) is 2.75. The third-order valence-corrected chi connectivity index (χ3v) is 2.79. The van der Waals surface area contributed by atoms with Gasteiger partial charge in [0.1, 0.15) is 0 Å². The molecule has 0 heterocycles. The third kappa shape index (κ3) is 2.85. The van der Waals surface area contributed by atoms with Gasteiger partial charge in [-0.25, -0.2) is 0 Å². The Morgan fingerprint density at radius 3 is 2.64 bits per heavy atom. The quantitative estimate of drug-likeness (QED) is 0.692. The van der Waals surface area contributed by atoms with Crippen LogP contribution in [0.5, 0.6) is 0 Å². The molecule has 1 nitrogen and oxygen atoms in total. The molecular formula is C13H18O. The fraction of sp³-hybridized carbons (Fsp3) is 0.538. The number of benzene rings is 1. The van der Waals surface area contributed by atoms with Gasteiger partial charge in [-0.3, -0.25) is 0 Å². The first-order valence-corrected chi connectivity index (χ1v) is 5.49. The standard InChI is InChI=1S/C13H18O/c1-11(9-14-10-12-7-8-12)13-5-3-2-4-6-13/h2-6,11-12H,7-10H2,1H3. The van der Waals surface area contributed by atoms with Crippen LogP contribution in [0.25, 0.3) is 0 Å². The second kappa shape index (κ2) is 4.61. The van der Waals surface area contributed by atoms with E-state index in [1.807, 2.05) is 0 Å². The molecule has 0 radical (unpaired) electrons. The van der Waals surface area contributed by atoms with Crippen molar-refractivity contribution in [2.24, 2.45) is 5.92 Å². The lowest BCUT2D eigenvalue weighted by Gasteiger charge is -2.11. The molecule has 1 unspecified atom stereocenters. The van der Waals surface area contributed by atoms with Crippen molar-refractivity contribution in [2.45, 2.75) is 25.7 Å². The molecule has 0 N–H and O–H groups in total. The fourth-order valence-corrected chi connectivity index (χ4v) is 1.57. The maximum Gasteiger partial charge on any atom is 0.0532 e. The zero-order valence-corrected chi connectivity index (χ0v) is 8.78. The smallest absolute Gasteiger partial charge is 0.0532 e. The molecule has 1 aliphatic rings. The molecule has 1 aromatic carbocycles. The van der Waals surface area contributed by atoms with Gasteiger partial charge in [0.25, 0.3) is 0 Å². The Kier molecular flexibility index (Phi) is 3.20. The molecule has 0 spiro atoms.